The molecule has 1 aliphatic rings. The van der Waals surface area contributed by atoms with E-state index in [2.05, 4.69) is 0 Å². The van der Waals surface area contributed by atoms with Gasteiger partial charge < -0.3 is 19.1 Å². The predicted molar refractivity (Wildman–Crippen MR) is 84.5 cm³/mol. The van der Waals surface area contributed by atoms with Gasteiger partial charge in [-0.2, -0.15) is 13.2 Å². The van der Waals surface area contributed by atoms with Crippen LogP contribution in [0.4, 0.5) is 18.0 Å². The standard InChI is InChI=1S/C17H22F3NO4/c1-15(2,3)25-14(22)21-9-16(10-21,24-5)13-11(17(18,19)20)7-6-8-12(13)23-4/h6-8H,9-10H2,1-5H3. The van der Waals surface area contributed by atoms with Crippen LogP contribution < -0.4 is 4.74 Å². The first-order valence-corrected chi connectivity index (χ1v) is 7.71. The van der Waals surface area contributed by atoms with Gasteiger partial charge in [0, 0.05) is 12.7 Å². The third-order valence-electron chi connectivity index (χ3n) is 3.94. The minimum Gasteiger partial charge on any atom is -0.496 e. The van der Waals surface area contributed by atoms with E-state index in [1.165, 1.54) is 31.3 Å². The van der Waals surface area contributed by atoms with Gasteiger partial charge in [-0.05, 0) is 32.9 Å². The molecule has 0 N–H and O–H groups in total. The molecular weight excluding hydrogens is 339 g/mol. The molecule has 1 amide bonds. The van der Waals surface area contributed by atoms with Gasteiger partial charge in [0.1, 0.15) is 17.0 Å². The predicted octanol–water partition coefficient (Wildman–Crippen LogP) is 3.81. The van der Waals surface area contributed by atoms with Gasteiger partial charge in [0.05, 0.1) is 25.8 Å². The average molecular weight is 361 g/mol. The number of hydrogen-bond acceptors (Lipinski definition) is 4. The molecule has 1 aliphatic heterocycles. The van der Waals surface area contributed by atoms with Gasteiger partial charge in [-0.15, -0.1) is 0 Å². The summed E-state index contributed by atoms with van der Waals surface area (Å²) in [4.78, 5) is 13.4. The van der Waals surface area contributed by atoms with E-state index in [1.807, 2.05) is 0 Å². The minimum absolute atomic E-state index is 0.0537. The van der Waals surface area contributed by atoms with E-state index < -0.39 is 29.0 Å². The molecular formula is C17H22F3NO4. The van der Waals surface area contributed by atoms with Crippen LogP contribution in [0, 0.1) is 0 Å². The van der Waals surface area contributed by atoms with Gasteiger partial charge in [0.25, 0.3) is 0 Å². The molecule has 0 bridgehead atoms. The van der Waals surface area contributed by atoms with Gasteiger partial charge in [-0.1, -0.05) is 6.07 Å². The highest BCUT2D eigenvalue weighted by molar-refractivity contribution is 5.70. The number of likely N-dealkylation sites (tertiary alicyclic amines) is 1. The maximum absolute atomic E-state index is 13.5. The topological polar surface area (TPSA) is 48.0 Å². The van der Waals surface area contributed by atoms with Gasteiger partial charge >= 0.3 is 12.3 Å². The van der Waals surface area contributed by atoms with Gasteiger partial charge in [-0.25, -0.2) is 4.79 Å². The highest BCUT2D eigenvalue weighted by Crippen LogP contribution is 2.47. The monoisotopic (exact) mass is 361 g/mol. The Hall–Kier alpha value is -1.96. The zero-order valence-electron chi connectivity index (χ0n) is 14.9. The highest BCUT2D eigenvalue weighted by Gasteiger charge is 2.53. The van der Waals surface area contributed by atoms with Crippen LogP contribution in [0.1, 0.15) is 31.9 Å². The van der Waals surface area contributed by atoms with Crippen LogP contribution >= 0.6 is 0 Å². The van der Waals surface area contributed by atoms with Crippen molar-refractivity contribution in [2.24, 2.45) is 0 Å². The van der Waals surface area contributed by atoms with E-state index in [-0.39, 0.29) is 24.4 Å². The van der Waals surface area contributed by atoms with E-state index in [1.54, 1.807) is 20.8 Å². The number of carbonyl (C=O) groups is 1. The first-order chi connectivity index (χ1) is 11.4. The SMILES string of the molecule is COc1cccc(C(F)(F)F)c1C1(OC)CN(C(=O)OC(C)(C)C)C1. The second kappa shape index (κ2) is 6.40. The van der Waals surface area contributed by atoms with Crippen molar-refractivity contribution in [3.05, 3.63) is 29.3 Å². The lowest BCUT2D eigenvalue weighted by molar-refractivity contribution is -0.153. The Morgan fingerprint density at radius 2 is 1.76 bits per heavy atom. The molecule has 0 atom stereocenters. The van der Waals surface area contributed by atoms with Crippen LogP contribution in [-0.4, -0.2) is 43.9 Å². The number of halogens is 3. The van der Waals surface area contributed by atoms with Crippen LogP contribution in [0.25, 0.3) is 0 Å². The maximum Gasteiger partial charge on any atom is 0.416 e. The number of ether oxygens (including phenoxy) is 3. The molecule has 1 fully saturated rings. The van der Waals surface area contributed by atoms with Crippen LogP contribution in [-0.2, 0) is 21.3 Å². The van der Waals surface area contributed by atoms with Crippen molar-refractivity contribution in [1.82, 2.24) is 4.90 Å². The zero-order valence-corrected chi connectivity index (χ0v) is 14.9. The molecule has 0 aromatic heterocycles. The Bertz CT molecular complexity index is 646. The van der Waals surface area contributed by atoms with E-state index in [0.29, 0.717) is 0 Å². The van der Waals surface area contributed by atoms with E-state index in [4.69, 9.17) is 14.2 Å². The van der Waals surface area contributed by atoms with Crippen molar-refractivity contribution < 1.29 is 32.2 Å². The van der Waals surface area contributed by atoms with Crippen molar-refractivity contribution in [1.29, 1.82) is 0 Å². The average Bonchev–Trinajstić information content (AvgIpc) is 2.43. The Labute approximate surface area is 144 Å². The molecule has 2 rings (SSSR count). The molecule has 1 saturated heterocycles. The summed E-state index contributed by atoms with van der Waals surface area (Å²) in [6, 6.07) is 3.70. The lowest BCUT2D eigenvalue weighted by Crippen LogP contribution is -2.63. The first-order valence-electron chi connectivity index (χ1n) is 7.71. The molecule has 1 aromatic rings. The number of methoxy groups -OCH3 is 2. The Kier molecular flexibility index (Phi) is 4.96. The Balaban J connectivity index is 2.36. The van der Waals surface area contributed by atoms with Crippen molar-refractivity contribution in [3.8, 4) is 5.75 Å². The smallest absolute Gasteiger partial charge is 0.416 e. The van der Waals surface area contributed by atoms with Crippen LogP contribution in [0.3, 0.4) is 0 Å². The fourth-order valence-electron chi connectivity index (χ4n) is 2.82. The summed E-state index contributed by atoms with van der Waals surface area (Å²) < 4.78 is 56.2. The normalized spacial score (nSPS) is 17.0. The quantitative estimate of drug-likeness (QED) is 0.822. The molecule has 0 spiro atoms. The van der Waals surface area contributed by atoms with Crippen molar-refractivity contribution >= 4 is 6.09 Å². The summed E-state index contributed by atoms with van der Waals surface area (Å²) in [5.74, 6) is 0.0699. The number of hydrogen-bond donors (Lipinski definition) is 0. The molecule has 0 aliphatic carbocycles. The number of nitrogens with zero attached hydrogens (tertiary/aromatic N) is 1. The second-order valence-corrected chi connectivity index (χ2v) is 6.92. The second-order valence-electron chi connectivity index (χ2n) is 6.92. The summed E-state index contributed by atoms with van der Waals surface area (Å²) in [6.07, 6.45) is -5.16. The Morgan fingerprint density at radius 1 is 1.16 bits per heavy atom. The van der Waals surface area contributed by atoms with Gasteiger partial charge in [0.2, 0.25) is 0 Å². The highest BCUT2D eigenvalue weighted by atomic mass is 19.4. The molecule has 0 radical (unpaired) electrons. The van der Waals surface area contributed by atoms with E-state index in [0.717, 1.165) is 6.07 Å². The summed E-state index contributed by atoms with van der Waals surface area (Å²) in [5, 5.41) is 0. The zero-order chi connectivity index (χ0) is 19.0. The van der Waals surface area contributed by atoms with Crippen molar-refractivity contribution in [2.45, 2.75) is 38.1 Å². The van der Waals surface area contributed by atoms with E-state index in [9.17, 15) is 18.0 Å². The maximum atomic E-state index is 13.5. The Morgan fingerprint density at radius 3 is 2.20 bits per heavy atom. The van der Waals surface area contributed by atoms with Gasteiger partial charge in [0.15, 0.2) is 0 Å². The molecule has 1 heterocycles. The number of rotatable bonds is 3. The van der Waals surface area contributed by atoms with E-state index >= 15 is 0 Å². The molecule has 8 heteroatoms. The molecule has 5 nitrogen and oxygen atoms in total. The van der Waals surface area contributed by atoms with Crippen molar-refractivity contribution in [3.63, 3.8) is 0 Å². The number of amides is 1. The molecule has 0 saturated carbocycles. The summed E-state index contributed by atoms with van der Waals surface area (Å²) in [7, 11) is 2.62. The summed E-state index contributed by atoms with van der Waals surface area (Å²) in [6.45, 7) is 5.05. The fraction of sp³-hybridized carbons (Fsp3) is 0.588. The first kappa shape index (κ1) is 19.4. The lowest BCUT2D eigenvalue weighted by atomic mass is 9.82. The molecule has 1 aromatic carbocycles. The summed E-state index contributed by atoms with van der Waals surface area (Å²) >= 11 is 0. The molecule has 140 valence electrons. The third kappa shape index (κ3) is 3.84. The van der Waals surface area contributed by atoms with Crippen LogP contribution in [0.2, 0.25) is 0 Å². The fourth-order valence-corrected chi connectivity index (χ4v) is 2.82. The summed E-state index contributed by atoms with van der Waals surface area (Å²) in [5.41, 5.74) is -2.93. The molecule has 0 unspecified atom stereocenters. The number of carbonyl (C=O) groups excluding carboxylic acids is 1. The largest absolute Gasteiger partial charge is 0.496 e. The molecule has 25 heavy (non-hydrogen) atoms. The number of alkyl halides is 3. The van der Waals surface area contributed by atoms with Crippen LogP contribution in [0.15, 0.2) is 18.2 Å². The minimum atomic E-state index is -4.57. The van der Waals surface area contributed by atoms with Gasteiger partial charge in [-0.3, -0.25) is 0 Å². The lowest BCUT2D eigenvalue weighted by Gasteiger charge is -2.49. The number of benzene rings is 1. The van der Waals surface area contributed by atoms with Crippen molar-refractivity contribution in [2.75, 3.05) is 27.3 Å². The third-order valence-corrected chi connectivity index (χ3v) is 3.94. The van der Waals surface area contributed by atoms with Crippen LogP contribution in [0.5, 0.6) is 5.75 Å².